The van der Waals surface area contributed by atoms with Crippen molar-refractivity contribution in [3.63, 3.8) is 0 Å². The molecule has 0 aromatic rings. The van der Waals surface area contributed by atoms with E-state index in [9.17, 15) is 4.79 Å². The van der Waals surface area contributed by atoms with Crippen molar-refractivity contribution >= 4 is 22.8 Å². The predicted molar refractivity (Wildman–Crippen MR) is 69.8 cm³/mol. The summed E-state index contributed by atoms with van der Waals surface area (Å²) in [6.45, 7) is 10.7. The fourth-order valence-electron chi connectivity index (χ4n) is 1.28. The first-order valence-electron chi connectivity index (χ1n) is 5.57. The van der Waals surface area contributed by atoms with Gasteiger partial charge in [-0.05, 0) is 27.7 Å². The van der Waals surface area contributed by atoms with Crippen LogP contribution in [0.1, 0.15) is 34.6 Å². The normalized spacial score (nSPS) is 22.6. The lowest BCUT2D eigenvalue weighted by Crippen LogP contribution is -2.50. The van der Waals surface area contributed by atoms with Crippen molar-refractivity contribution in [1.82, 2.24) is 10.6 Å². The molecule has 1 heterocycles. The molecule has 0 aliphatic carbocycles. The lowest BCUT2D eigenvalue weighted by atomic mass is 10.1. The minimum Gasteiger partial charge on any atom is -0.353 e. The largest absolute Gasteiger partial charge is 0.353 e. The number of nitrogens with one attached hydrogen (secondary N) is 2. The molecule has 92 valence electrons. The van der Waals surface area contributed by atoms with Gasteiger partial charge in [-0.25, -0.2) is 0 Å². The smallest absolute Gasteiger partial charge is 0.242 e. The molecule has 5 heteroatoms. The number of nitrogens with zero attached hydrogens (tertiary/aromatic N) is 1. The third kappa shape index (κ3) is 4.43. The molecule has 0 aromatic carbocycles. The Morgan fingerprint density at radius 1 is 1.56 bits per heavy atom. The summed E-state index contributed by atoms with van der Waals surface area (Å²) in [6, 6.07) is -0.240. The molecule has 0 fully saturated rings. The molecular weight excluding hydrogens is 222 g/mol. The molecule has 1 aliphatic heterocycles. The Hall–Kier alpha value is -0.710. The Balaban J connectivity index is 2.40. The van der Waals surface area contributed by atoms with Crippen molar-refractivity contribution in [2.45, 2.75) is 51.4 Å². The van der Waals surface area contributed by atoms with Crippen LogP contribution >= 0.6 is 11.8 Å². The van der Waals surface area contributed by atoms with Crippen LogP contribution in [0.15, 0.2) is 4.99 Å². The molecule has 16 heavy (non-hydrogen) atoms. The van der Waals surface area contributed by atoms with Gasteiger partial charge in [-0.15, -0.1) is 0 Å². The van der Waals surface area contributed by atoms with E-state index in [-0.39, 0.29) is 17.5 Å². The third-order valence-corrected chi connectivity index (χ3v) is 3.06. The van der Waals surface area contributed by atoms with Crippen LogP contribution in [0, 0.1) is 0 Å². The van der Waals surface area contributed by atoms with Crippen LogP contribution in [0.25, 0.3) is 0 Å². The van der Waals surface area contributed by atoms with Crippen molar-refractivity contribution in [3.8, 4) is 0 Å². The Morgan fingerprint density at radius 2 is 2.19 bits per heavy atom. The van der Waals surface area contributed by atoms with E-state index < -0.39 is 0 Å². The van der Waals surface area contributed by atoms with Gasteiger partial charge in [-0.1, -0.05) is 18.7 Å². The third-order valence-electron chi connectivity index (χ3n) is 2.04. The monoisotopic (exact) mass is 243 g/mol. The van der Waals surface area contributed by atoms with E-state index in [0.717, 1.165) is 11.7 Å². The van der Waals surface area contributed by atoms with E-state index >= 15 is 0 Å². The number of amidine groups is 1. The first kappa shape index (κ1) is 13.4. The first-order valence-corrected chi connectivity index (χ1v) is 6.45. The van der Waals surface area contributed by atoms with Crippen LogP contribution < -0.4 is 10.6 Å². The van der Waals surface area contributed by atoms with E-state index in [1.165, 1.54) is 0 Å². The fourth-order valence-corrected chi connectivity index (χ4v) is 2.21. The highest BCUT2D eigenvalue weighted by Gasteiger charge is 2.22. The molecule has 1 aliphatic rings. The maximum absolute atomic E-state index is 11.8. The Morgan fingerprint density at radius 3 is 2.62 bits per heavy atom. The summed E-state index contributed by atoms with van der Waals surface area (Å²) in [6.07, 6.45) is 0. The molecule has 0 spiro atoms. The number of thioether (sulfide) groups is 1. The van der Waals surface area contributed by atoms with Crippen LogP contribution in [-0.4, -0.2) is 34.5 Å². The molecule has 0 saturated heterocycles. The van der Waals surface area contributed by atoms with Gasteiger partial charge < -0.3 is 10.6 Å². The highest BCUT2D eigenvalue weighted by atomic mass is 32.2. The minimum absolute atomic E-state index is 0.00959. The van der Waals surface area contributed by atoms with Gasteiger partial charge in [0.2, 0.25) is 5.91 Å². The van der Waals surface area contributed by atoms with Crippen molar-refractivity contribution in [1.29, 1.82) is 0 Å². The zero-order chi connectivity index (χ0) is 12.3. The second kappa shape index (κ2) is 5.08. The van der Waals surface area contributed by atoms with Gasteiger partial charge in [-0.3, -0.25) is 9.79 Å². The topological polar surface area (TPSA) is 53.5 Å². The second-order valence-corrected chi connectivity index (χ2v) is 6.61. The van der Waals surface area contributed by atoms with E-state index in [2.05, 4.69) is 22.5 Å². The van der Waals surface area contributed by atoms with E-state index in [1.54, 1.807) is 11.8 Å². The van der Waals surface area contributed by atoms with Crippen molar-refractivity contribution < 1.29 is 4.79 Å². The van der Waals surface area contributed by atoms with Gasteiger partial charge in [-0.2, -0.15) is 0 Å². The lowest BCUT2D eigenvalue weighted by molar-refractivity contribution is -0.123. The molecule has 4 nitrogen and oxygen atoms in total. The molecule has 1 rings (SSSR count). The van der Waals surface area contributed by atoms with Gasteiger partial charge in [0.05, 0.1) is 6.54 Å². The maximum atomic E-state index is 11.8. The van der Waals surface area contributed by atoms with Crippen molar-refractivity contribution in [3.05, 3.63) is 0 Å². The average Bonchev–Trinajstić information content (AvgIpc) is 2.48. The lowest BCUT2D eigenvalue weighted by Gasteiger charge is -2.24. The van der Waals surface area contributed by atoms with E-state index in [0.29, 0.717) is 5.25 Å². The summed E-state index contributed by atoms with van der Waals surface area (Å²) < 4.78 is 0. The number of aliphatic imine (C=N–C) groups is 1. The Bertz CT molecular complexity index is 296. The van der Waals surface area contributed by atoms with Crippen LogP contribution in [0.3, 0.4) is 0 Å². The molecule has 0 saturated carbocycles. The summed E-state index contributed by atoms with van der Waals surface area (Å²) in [5, 5.41) is 7.46. The highest BCUT2D eigenvalue weighted by molar-refractivity contribution is 8.14. The Labute approximate surface area is 102 Å². The van der Waals surface area contributed by atoms with Gasteiger partial charge in [0.25, 0.3) is 0 Å². The summed E-state index contributed by atoms with van der Waals surface area (Å²) in [4.78, 5) is 16.1. The number of carbonyl (C=O) groups is 1. The average molecular weight is 243 g/mol. The fraction of sp³-hybridized carbons (Fsp3) is 0.818. The standard InChI is InChI=1S/C11H21N3OS/c1-7-6-12-10(16-7)13-8(2)9(15)14-11(3,4)5/h7-8H,6H2,1-5H3,(H,12,13)(H,14,15). The Kier molecular flexibility index (Phi) is 4.24. The number of rotatable bonds is 2. The first-order chi connectivity index (χ1) is 7.28. The second-order valence-electron chi connectivity index (χ2n) is 5.18. The molecule has 2 atom stereocenters. The quantitative estimate of drug-likeness (QED) is 0.770. The molecule has 0 aromatic heterocycles. The number of hydrogen-bond acceptors (Lipinski definition) is 4. The van der Waals surface area contributed by atoms with Gasteiger partial charge >= 0.3 is 0 Å². The zero-order valence-electron chi connectivity index (χ0n) is 10.6. The van der Waals surface area contributed by atoms with Crippen LogP contribution in [-0.2, 0) is 4.79 Å². The molecule has 0 radical (unpaired) electrons. The highest BCUT2D eigenvalue weighted by Crippen LogP contribution is 2.18. The molecular formula is C11H21N3OS. The number of carbonyl (C=O) groups excluding carboxylic acids is 1. The minimum atomic E-state index is -0.240. The summed E-state index contributed by atoms with van der Waals surface area (Å²) in [7, 11) is 0. The number of amides is 1. The van der Waals surface area contributed by atoms with E-state index in [4.69, 9.17) is 0 Å². The molecule has 1 amide bonds. The van der Waals surface area contributed by atoms with Crippen LogP contribution in [0.4, 0.5) is 0 Å². The summed E-state index contributed by atoms with van der Waals surface area (Å²) in [5.41, 5.74) is -0.190. The SMILES string of the molecule is CC1CN=C(NC(C)C(=O)NC(C)(C)C)S1. The molecule has 2 unspecified atom stereocenters. The van der Waals surface area contributed by atoms with Gasteiger partial charge in [0.15, 0.2) is 5.17 Å². The van der Waals surface area contributed by atoms with Gasteiger partial charge in [0, 0.05) is 10.8 Å². The summed E-state index contributed by atoms with van der Waals surface area (Å²) in [5.74, 6) is 0.00959. The van der Waals surface area contributed by atoms with Crippen LogP contribution in [0.5, 0.6) is 0 Å². The van der Waals surface area contributed by atoms with Crippen LogP contribution in [0.2, 0.25) is 0 Å². The predicted octanol–water partition coefficient (Wildman–Crippen LogP) is 1.37. The zero-order valence-corrected chi connectivity index (χ0v) is 11.4. The molecule has 0 bridgehead atoms. The maximum Gasteiger partial charge on any atom is 0.242 e. The van der Waals surface area contributed by atoms with Crippen molar-refractivity contribution in [2.24, 2.45) is 4.99 Å². The van der Waals surface area contributed by atoms with E-state index in [1.807, 2.05) is 27.7 Å². The summed E-state index contributed by atoms with van der Waals surface area (Å²) >= 11 is 1.69. The van der Waals surface area contributed by atoms with Gasteiger partial charge in [0.1, 0.15) is 6.04 Å². The molecule has 2 N–H and O–H groups in total. The van der Waals surface area contributed by atoms with Crippen molar-refractivity contribution in [2.75, 3.05) is 6.54 Å². The number of hydrogen-bond donors (Lipinski definition) is 2.